The van der Waals surface area contributed by atoms with Crippen LogP contribution in [0.1, 0.15) is 6.42 Å². The quantitative estimate of drug-likeness (QED) is 0.158. The van der Waals surface area contributed by atoms with Crippen LogP contribution in [-0.2, 0) is 24.0 Å². The van der Waals surface area contributed by atoms with Crippen LogP contribution in [0.3, 0.4) is 0 Å². The number of amides is 2. The molecular weight excluding hydrogens is 402 g/mol. The molecule has 0 unspecified atom stereocenters. The summed E-state index contributed by atoms with van der Waals surface area (Å²) >= 11 is 0. The average molecular weight is 433 g/mol. The Labute approximate surface area is 174 Å². The molecule has 0 fully saturated rings. The predicted octanol–water partition coefficient (Wildman–Crippen LogP) is -2.97. The molecular formula is C17H31N5O8. The van der Waals surface area contributed by atoms with Gasteiger partial charge in [-0.2, -0.15) is 0 Å². The highest BCUT2D eigenvalue weighted by Gasteiger charge is 2.18. The van der Waals surface area contributed by atoms with Crippen LogP contribution < -0.4 is 10.6 Å². The Bertz CT molecular complexity index is 601. The van der Waals surface area contributed by atoms with Gasteiger partial charge in [0, 0.05) is 46.8 Å². The van der Waals surface area contributed by atoms with E-state index < -0.39 is 17.9 Å². The number of likely N-dealkylation sites (N-methyl/N-ethyl adjacent to an activating group) is 2. The van der Waals surface area contributed by atoms with Crippen molar-refractivity contribution in [1.82, 2.24) is 25.3 Å². The lowest BCUT2D eigenvalue weighted by Gasteiger charge is -2.28. The Morgan fingerprint density at radius 1 is 0.567 bits per heavy atom. The van der Waals surface area contributed by atoms with Crippen molar-refractivity contribution in [2.45, 2.75) is 6.42 Å². The number of hydrogen-bond donors (Lipinski definition) is 5. The van der Waals surface area contributed by atoms with Crippen LogP contribution in [0.15, 0.2) is 0 Å². The van der Waals surface area contributed by atoms with E-state index in [1.165, 1.54) is 19.0 Å². The average Bonchev–Trinajstić information content (AvgIpc) is 2.66. The summed E-state index contributed by atoms with van der Waals surface area (Å²) in [6, 6.07) is 0. The van der Waals surface area contributed by atoms with E-state index in [2.05, 4.69) is 10.6 Å². The third-order valence-corrected chi connectivity index (χ3v) is 4.12. The van der Waals surface area contributed by atoms with Crippen molar-refractivity contribution in [1.29, 1.82) is 0 Å². The first-order valence-corrected chi connectivity index (χ1v) is 9.31. The van der Waals surface area contributed by atoms with Crippen molar-refractivity contribution in [3.8, 4) is 0 Å². The molecule has 0 aliphatic heterocycles. The van der Waals surface area contributed by atoms with E-state index in [4.69, 9.17) is 15.3 Å². The van der Waals surface area contributed by atoms with Gasteiger partial charge in [0.05, 0.1) is 32.6 Å². The Kier molecular flexibility index (Phi) is 13.7. The third kappa shape index (κ3) is 14.3. The van der Waals surface area contributed by atoms with E-state index in [0.29, 0.717) is 0 Å². The Balaban J connectivity index is 4.97. The van der Waals surface area contributed by atoms with Crippen LogP contribution in [0.25, 0.3) is 0 Å². The number of carboxylic acids is 3. The summed E-state index contributed by atoms with van der Waals surface area (Å²) in [5.41, 5.74) is 0. The highest BCUT2D eigenvalue weighted by Crippen LogP contribution is 1.98. The van der Waals surface area contributed by atoms with Crippen molar-refractivity contribution >= 4 is 29.7 Å². The SMILES string of the molecule is CNC(=O)CN(CCC(=O)O)CCN(CCN(CC(=O)O)CC(=O)NC)CC(=O)O. The van der Waals surface area contributed by atoms with Gasteiger partial charge in [-0.15, -0.1) is 0 Å². The van der Waals surface area contributed by atoms with E-state index in [1.54, 1.807) is 9.80 Å². The largest absolute Gasteiger partial charge is 0.481 e. The second-order valence-corrected chi connectivity index (χ2v) is 6.54. The molecule has 13 heteroatoms. The molecule has 172 valence electrons. The monoisotopic (exact) mass is 433 g/mol. The lowest BCUT2D eigenvalue weighted by atomic mass is 10.3. The number of carbonyl (C=O) groups is 5. The maximum atomic E-state index is 11.6. The second kappa shape index (κ2) is 15.1. The van der Waals surface area contributed by atoms with Gasteiger partial charge in [0.1, 0.15) is 0 Å². The number of aliphatic carboxylic acids is 3. The number of hydrogen-bond acceptors (Lipinski definition) is 8. The number of carboxylic acid groups (broad SMARTS) is 3. The van der Waals surface area contributed by atoms with Crippen LogP contribution in [0, 0.1) is 0 Å². The lowest BCUT2D eigenvalue weighted by molar-refractivity contribution is -0.140. The standard InChI is InChI=1S/C17H31N5O8/c1-18-13(23)9-20(4-3-15(25)26)5-6-21(11-16(27)28)7-8-22(12-17(29)30)10-14(24)19-2/h3-12H2,1-2H3,(H,18,23)(H,19,24)(H,25,26)(H,27,28)(H,29,30). The Morgan fingerprint density at radius 3 is 1.33 bits per heavy atom. The van der Waals surface area contributed by atoms with Crippen LogP contribution in [-0.4, -0.2) is 133 Å². The summed E-state index contributed by atoms with van der Waals surface area (Å²) in [6.07, 6.45) is -0.172. The fourth-order valence-corrected chi connectivity index (χ4v) is 2.52. The van der Waals surface area contributed by atoms with Gasteiger partial charge in [-0.3, -0.25) is 38.7 Å². The number of nitrogens with one attached hydrogen (secondary N) is 2. The van der Waals surface area contributed by atoms with Gasteiger partial charge in [0.25, 0.3) is 0 Å². The molecule has 0 radical (unpaired) electrons. The molecule has 2 amide bonds. The third-order valence-electron chi connectivity index (χ3n) is 4.12. The minimum atomic E-state index is -1.12. The van der Waals surface area contributed by atoms with Crippen LogP contribution >= 0.6 is 0 Å². The maximum Gasteiger partial charge on any atom is 0.317 e. The second-order valence-electron chi connectivity index (χ2n) is 6.54. The molecule has 0 aromatic heterocycles. The van der Waals surface area contributed by atoms with Gasteiger partial charge in [-0.1, -0.05) is 0 Å². The van der Waals surface area contributed by atoms with Crippen LogP contribution in [0.5, 0.6) is 0 Å². The van der Waals surface area contributed by atoms with E-state index in [0.717, 1.165) is 0 Å². The van der Waals surface area contributed by atoms with Gasteiger partial charge >= 0.3 is 17.9 Å². The van der Waals surface area contributed by atoms with Crippen LogP contribution in [0.4, 0.5) is 0 Å². The molecule has 0 saturated carbocycles. The van der Waals surface area contributed by atoms with Crippen molar-refractivity contribution in [2.75, 3.05) is 73.0 Å². The molecule has 0 aromatic rings. The summed E-state index contributed by atoms with van der Waals surface area (Å²) in [5.74, 6) is -3.89. The van der Waals surface area contributed by atoms with Gasteiger partial charge in [0.15, 0.2) is 0 Å². The molecule has 0 atom stereocenters. The van der Waals surface area contributed by atoms with E-state index >= 15 is 0 Å². The number of carbonyl (C=O) groups excluding carboxylic acids is 2. The van der Waals surface area contributed by atoms with E-state index in [9.17, 15) is 24.0 Å². The van der Waals surface area contributed by atoms with Crippen molar-refractivity contribution in [3.05, 3.63) is 0 Å². The summed E-state index contributed by atoms with van der Waals surface area (Å²) in [7, 11) is 2.88. The molecule has 0 spiro atoms. The van der Waals surface area contributed by atoms with Gasteiger partial charge in [0.2, 0.25) is 11.8 Å². The van der Waals surface area contributed by atoms with E-state index in [1.807, 2.05) is 0 Å². The van der Waals surface area contributed by atoms with Gasteiger partial charge in [-0.05, 0) is 0 Å². The topological polar surface area (TPSA) is 180 Å². The van der Waals surface area contributed by atoms with E-state index in [-0.39, 0.29) is 77.1 Å². The van der Waals surface area contributed by atoms with Crippen molar-refractivity contribution in [2.24, 2.45) is 0 Å². The summed E-state index contributed by atoms with van der Waals surface area (Å²) in [4.78, 5) is 60.7. The minimum Gasteiger partial charge on any atom is -0.481 e. The zero-order chi connectivity index (χ0) is 23.1. The van der Waals surface area contributed by atoms with Crippen molar-refractivity contribution in [3.63, 3.8) is 0 Å². The van der Waals surface area contributed by atoms with Crippen molar-refractivity contribution < 1.29 is 39.3 Å². The molecule has 0 saturated heterocycles. The number of nitrogens with zero attached hydrogens (tertiary/aromatic N) is 3. The summed E-state index contributed by atoms with van der Waals surface area (Å²) in [5, 5.41) is 31.8. The highest BCUT2D eigenvalue weighted by molar-refractivity contribution is 5.78. The molecule has 0 bridgehead atoms. The smallest absolute Gasteiger partial charge is 0.317 e. The Hall–Kier alpha value is -2.77. The first kappa shape index (κ1) is 27.2. The first-order chi connectivity index (χ1) is 14.1. The molecule has 0 rings (SSSR count). The van der Waals surface area contributed by atoms with Gasteiger partial charge < -0.3 is 26.0 Å². The zero-order valence-electron chi connectivity index (χ0n) is 17.3. The predicted molar refractivity (Wildman–Crippen MR) is 105 cm³/mol. The first-order valence-electron chi connectivity index (χ1n) is 9.31. The normalized spacial score (nSPS) is 11.0. The fourth-order valence-electron chi connectivity index (χ4n) is 2.52. The maximum absolute atomic E-state index is 11.6. The number of rotatable bonds is 17. The Morgan fingerprint density at radius 2 is 0.933 bits per heavy atom. The molecule has 0 heterocycles. The zero-order valence-corrected chi connectivity index (χ0v) is 17.3. The molecule has 0 aromatic carbocycles. The summed E-state index contributed by atoms with van der Waals surface area (Å²) in [6.45, 7) is -0.0144. The highest BCUT2D eigenvalue weighted by atomic mass is 16.4. The molecule has 0 aliphatic rings. The molecule has 13 nitrogen and oxygen atoms in total. The van der Waals surface area contributed by atoms with Gasteiger partial charge in [-0.25, -0.2) is 0 Å². The molecule has 0 aliphatic carbocycles. The summed E-state index contributed by atoms with van der Waals surface area (Å²) < 4.78 is 0. The fraction of sp³-hybridized carbons (Fsp3) is 0.706. The molecule has 5 N–H and O–H groups in total. The molecule has 30 heavy (non-hydrogen) atoms. The minimum absolute atomic E-state index is 0.0352. The lowest BCUT2D eigenvalue weighted by Crippen LogP contribution is -2.46. The van der Waals surface area contributed by atoms with Crippen LogP contribution in [0.2, 0.25) is 0 Å².